The number of nitrogens with one attached hydrogen (secondary N) is 1. The fraction of sp³-hybridized carbons (Fsp3) is 0.444. The number of amides is 1. The van der Waals surface area contributed by atoms with Gasteiger partial charge in [0, 0.05) is 18.7 Å². The Morgan fingerprint density at radius 3 is 3.07 bits per heavy atom. The molecule has 15 heavy (non-hydrogen) atoms. The van der Waals surface area contributed by atoms with Gasteiger partial charge in [-0.1, -0.05) is 11.6 Å². The van der Waals surface area contributed by atoms with E-state index in [4.69, 9.17) is 11.6 Å². The van der Waals surface area contributed by atoms with Crippen molar-refractivity contribution in [2.75, 3.05) is 24.5 Å². The van der Waals surface area contributed by atoms with Gasteiger partial charge >= 0.3 is 0 Å². The Morgan fingerprint density at radius 2 is 2.33 bits per heavy atom. The number of aromatic nitrogens is 2. The van der Waals surface area contributed by atoms with Gasteiger partial charge in [-0.25, -0.2) is 9.97 Å². The lowest BCUT2D eigenvalue weighted by molar-refractivity contribution is -0.120. The average Bonchev–Trinajstić information content (AvgIpc) is 2.22. The van der Waals surface area contributed by atoms with E-state index in [1.807, 2.05) is 11.8 Å². The van der Waals surface area contributed by atoms with E-state index >= 15 is 0 Å². The van der Waals surface area contributed by atoms with Crippen LogP contribution in [0.4, 0.5) is 5.82 Å². The molecule has 2 heterocycles. The van der Waals surface area contributed by atoms with Crippen LogP contribution < -0.4 is 10.2 Å². The minimum absolute atomic E-state index is 0.00962. The zero-order valence-electron chi connectivity index (χ0n) is 8.33. The Morgan fingerprint density at radius 1 is 1.53 bits per heavy atom. The Labute approximate surface area is 92.5 Å². The summed E-state index contributed by atoms with van der Waals surface area (Å²) in [6, 6.07) is 0. The maximum atomic E-state index is 11.2. The van der Waals surface area contributed by atoms with Crippen molar-refractivity contribution in [2.24, 2.45) is 0 Å². The summed E-state index contributed by atoms with van der Waals surface area (Å²) in [5, 5.41) is 3.19. The molecule has 0 saturated carbocycles. The van der Waals surface area contributed by atoms with Crippen molar-refractivity contribution in [1.82, 2.24) is 15.3 Å². The third-order valence-corrected chi connectivity index (χ3v) is 2.71. The van der Waals surface area contributed by atoms with Gasteiger partial charge in [0.15, 0.2) is 0 Å². The summed E-state index contributed by atoms with van der Waals surface area (Å²) in [7, 11) is 0. The highest BCUT2D eigenvalue weighted by atomic mass is 35.5. The number of carbonyl (C=O) groups is 1. The molecule has 0 radical (unpaired) electrons. The van der Waals surface area contributed by atoms with E-state index in [0.717, 1.165) is 17.9 Å². The van der Waals surface area contributed by atoms with Crippen LogP contribution in [0.25, 0.3) is 0 Å². The monoisotopic (exact) mass is 226 g/mol. The molecule has 1 amide bonds. The second-order valence-electron chi connectivity index (χ2n) is 3.38. The molecule has 0 aromatic carbocycles. The third kappa shape index (κ3) is 2.02. The first-order chi connectivity index (χ1) is 7.18. The average molecular weight is 227 g/mol. The van der Waals surface area contributed by atoms with Crippen LogP contribution in [0.15, 0.2) is 6.33 Å². The molecule has 0 spiro atoms. The smallest absolute Gasteiger partial charge is 0.239 e. The highest BCUT2D eigenvalue weighted by molar-refractivity contribution is 6.30. The molecule has 0 bridgehead atoms. The number of carbonyl (C=O) groups excluding carboxylic acids is 1. The SMILES string of the molecule is Cc1c(Cl)ncnc1N1CCNC(=O)C1. The lowest BCUT2D eigenvalue weighted by Crippen LogP contribution is -2.48. The number of nitrogens with zero attached hydrogens (tertiary/aromatic N) is 3. The Balaban J connectivity index is 2.28. The predicted octanol–water partition coefficient (Wildman–Crippen LogP) is 0.375. The minimum atomic E-state index is 0.00962. The molecule has 1 aromatic heterocycles. The maximum Gasteiger partial charge on any atom is 0.239 e. The molecule has 0 aliphatic carbocycles. The van der Waals surface area contributed by atoms with E-state index in [1.165, 1.54) is 6.33 Å². The van der Waals surface area contributed by atoms with Gasteiger partial charge in [0.05, 0.1) is 6.54 Å². The van der Waals surface area contributed by atoms with E-state index in [1.54, 1.807) is 0 Å². The maximum absolute atomic E-state index is 11.2. The lowest BCUT2D eigenvalue weighted by Gasteiger charge is -2.28. The van der Waals surface area contributed by atoms with E-state index in [0.29, 0.717) is 18.2 Å². The second kappa shape index (κ2) is 4.02. The molecule has 80 valence electrons. The first-order valence-corrected chi connectivity index (χ1v) is 5.05. The van der Waals surface area contributed by atoms with Gasteiger partial charge in [-0.3, -0.25) is 4.79 Å². The van der Waals surface area contributed by atoms with Crippen LogP contribution in [0.5, 0.6) is 0 Å². The fourth-order valence-corrected chi connectivity index (χ4v) is 1.69. The van der Waals surface area contributed by atoms with Crippen LogP contribution in [0, 0.1) is 6.92 Å². The highest BCUT2D eigenvalue weighted by Gasteiger charge is 2.19. The molecule has 1 aliphatic rings. The van der Waals surface area contributed by atoms with Crippen LogP contribution in [-0.4, -0.2) is 35.5 Å². The molecule has 0 unspecified atom stereocenters. The fourth-order valence-electron chi connectivity index (χ4n) is 1.56. The summed E-state index contributed by atoms with van der Waals surface area (Å²) in [4.78, 5) is 21.1. The van der Waals surface area contributed by atoms with Gasteiger partial charge in [-0.15, -0.1) is 0 Å². The molecule has 1 aromatic rings. The van der Waals surface area contributed by atoms with Crippen molar-refractivity contribution in [2.45, 2.75) is 6.92 Å². The van der Waals surface area contributed by atoms with Crippen molar-refractivity contribution in [3.63, 3.8) is 0 Å². The molecule has 6 heteroatoms. The van der Waals surface area contributed by atoms with Crippen molar-refractivity contribution >= 4 is 23.3 Å². The Hall–Kier alpha value is -1.36. The zero-order chi connectivity index (χ0) is 10.8. The molecule has 5 nitrogen and oxygen atoms in total. The normalized spacial score (nSPS) is 16.4. The molecule has 0 atom stereocenters. The molecular weight excluding hydrogens is 216 g/mol. The van der Waals surface area contributed by atoms with Gasteiger partial charge < -0.3 is 10.2 Å². The van der Waals surface area contributed by atoms with Crippen molar-refractivity contribution < 1.29 is 4.79 Å². The number of anilines is 1. The summed E-state index contributed by atoms with van der Waals surface area (Å²) >= 11 is 5.89. The largest absolute Gasteiger partial charge is 0.353 e. The lowest BCUT2D eigenvalue weighted by atomic mass is 10.3. The zero-order valence-corrected chi connectivity index (χ0v) is 9.08. The summed E-state index contributed by atoms with van der Waals surface area (Å²) < 4.78 is 0. The Kier molecular flexibility index (Phi) is 2.73. The number of halogens is 1. The third-order valence-electron chi connectivity index (χ3n) is 2.33. The van der Waals surface area contributed by atoms with Gasteiger partial charge in [0.1, 0.15) is 17.3 Å². The van der Waals surface area contributed by atoms with E-state index < -0.39 is 0 Å². The number of hydrogen-bond donors (Lipinski definition) is 1. The van der Waals surface area contributed by atoms with Crippen LogP contribution in [0.3, 0.4) is 0 Å². The standard InChI is InChI=1S/C9H11ClN4O/c1-6-8(10)12-5-13-9(6)14-3-2-11-7(15)4-14/h5H,2-4H2,1H3,(H,11,15). The Bertz CT molecular complexity index is 396. The summed E-state index contributed by atoms with van der Waals surface area (Å²) in [6.07, 6.45) is 1.41. The summed E-state index contributed by atoms with van der Waals surface area (Å²) in [5.41, 5.74) is 0.814. The number of hydrogen-bond acceptors (Lipinski definition) is 4. The van der Waals surface area contributed by atoms with Crippen LogP contribution >= 0.6 is 11.6 Å². The van der Waals surface area contributed by atoms with Crippen LogP contribution in [-0.2, 0) is 4.79 Å². The topological polar surface area (TPSA) is 58.1 Å². The quantitative estimate of drug-likeness (QED) is 0.704. The van der Waals surface area contributed by atoms with Gasteiger partial charge in [-0.05, 0) is 6.92 Å². The van der Waals surface area contributed by atoms with Crippen LogP contribution in [0.2, 0.25) is 5.15 Å². The first kappa shape index (κ1) is 10.2. The van der Waals surface area contributed by atoms with Crippen molar-refractivity contribution in [3.05, 3.63) is 17.0 Å². The minimum Gasteiger partial charge on any atom is -0.353 e. The van der Waals surface area contributed by atoms with Crippen LogP contribution in [0.1, 0.15) is 5.56 Å². The molecule has 1 aliphatic heterocycles. The van der Waals surface area contributed by atoms with E-state index in [9.17, 15) is 4.79 Å². The molecule has 1 saturated heterocycles. The second-order valence-corrected chi connectivity index (χ2v) is 3.74. The predicted molar refractivity (Wildman–Crippen MR) is 57.0 cm³/mol. The molecule has 1 N–H and O–H groups in total. The van der Waals surface area contributed by atoms with Gasteiger partial charge in [0.25, 0.3) is 0 Å². The van der Waals surface area contributed by atoms with Crippen molar-refractivity contribution in [1.29, 1.82) is 0 Å². The summed E-state index contributed by atoms with van der Waals surface area (Å²) in [6.45, 7) is 3.57. The molecule has 2 rings (SSSR count). The van der Waals surface area contributed by atoms with E-state index in [-0.39, 0.29) is 5.91 Å². The molecular formula is C9H11ClN4O. The van der Waals surface area contributed by atoms with E-state index in [2.05, 4.69) is 15.3 Å². The number of rotatable bonds is 1. The van der Waals surface area contributed by atoms with Gasteiger partial charge in [0.2, 0.25) is 5.91 Å². The number of piperazine rings is 1. The summed E-state index contributed by atoms with van der Waals surface area (Å²) in [5.74, 6) is 0.750. The molecule has 1 fully saturated rings. The van der Waals surface area contributed by atoms with Crippen molar-refractivity contribution in [3.8, 4) is 0 Å². The highest BCUT2D eigenvalue weighted by Crippen LogP contribution is 2.21. The van der Waals surface area contributed by atoms with Gasteiger partial charge in [-0.2, -0.15) is 0 Å². The first-order valence-electron chi connectivity index (χ1n) is 4.67.